The predicted molar refractivity (Wildman–Crippen MR) is 77.3 cm³/mol. The van der Waals surface area contributed by atoms with Gasteiger partial charge in [-0.05, 0) is 31.2 Å². The molecule has 0 spiro atoms. The van der Waals surface area contributed by atoms with Crippen LogP contribution in [0.3, 0.4) is 0 Å². The van der Waals surface area contributed by atoms with Crippen LogP contribution < -0.4 is 15.8 Å². The van der Waals surface area contributed by atoms with Gasteiger partial charge in [-0.1, -0.05) is 12.2 Å². The molecule has 5 nitrogen and oxygen atoms in total. The summed E-state index contributed by atoms with van der Waals surface area (Å²) in [5, 5.41) is 2.75. The Morgan fingerprint density at radius 1 is 1.42 bits per heavy atom. The molecule has 1 aromatic rings. The van der Waals surface area contributed by atoms with Gasteiger partial charge in [-0.15, -0.1) is 0 Å². The van der Waals surface area contributed by atoms with Gasteiger partial charge in [-0.25, -0.2) is 0 Å². The largest absolute Gasteiger partial charge is 0.484 e. The van der Waals surface area contributed by atoms with Gasteiger partial charge in [0.25, 0.3) is 5.91 Å². The van der Waals surface area contributed by atoms with Crippen molar-refractivity contribution in [3.05, 3.63) is 29.8 Å². The number of rotatable bonds is 7. The van der Waals surface area contributed by atoms with Crippen molar-refractivity contribution in [1.29, 1.82) is 0 Å². The Hall–Kier alpha value is -1.66. The fourth-order valence-electron chi connectivity index (χ4n) is 1.47. The van der Waals surface area contributed by atoms with E-state index in [2.05, 4.69) is 5.32 Å². The molecule has 3 N–H and O–H groups in total. The van der Waals surface area contributed by atoms with Gasteiger partial charge < -0.3 is 20.5 Å². The normalized spacial score (nSPS) is 11.7. The summed E-state index contributed by atoms with van der Waals surface area (Å²) in [6, 6.07) is 6.91. The molecule has 0 aliphatic rings. The van der Waals surface area contributed by atoms with E-state index in [0.717, 1.165) is 5.56 Å². The molecule has 0 saturated heterocycles. The Kier molecular flexibility index (Phi) is 6.24. The Bertz CT molecular complexity index is 434. The van der Waals surface area contributed by atoms with Gasteiger partial charge in [-0.2, -0.15) is 0 Å². The first-order chi connectivity index (χ1) is 9.02. The van der Waals surface area contributed by atoms with E-state index < -0.39 is 0 Å². The number of nitrogens with one attached hydrogen (secondary N) is 1. The van der Waals surface area contributed by atoms with Crippen LogP contribution in [-0.2, 0) is 9.53 Å². The molecule has 0 aliphatic heterocycles. The molecule has 0 heterocycles. The van der Waals surface area contributed by atoms with Crippen LogP contribution >= 0.6 is 12.2 Å². The summed E-state index contributed by atoms with van der Waals surface area (Å²) < 4.78 is 10.3. The Morgan fingerprint density at radius 2 is 2.05 bits per heavy atom. The smallest absolute Gasteiger partial charge is 0.258 e. The number of methoxy groups -OCH3 is 1. The second kappa shape index (κ2) is 7.70. The molecule has 0 aliphatic carbocycles. The summed E-state index contributed by atoms with van der Waals surface area (Å²) in [5.74, 6) is 0.400. The minimum atomic E-state index is -0.192. The first-order valence-electron chi connectivity index (χ1n) is 5.84. The van der Waals surface area contributed by atoms with Crippen LogP contribution in [0.2, 0.25) is 0 Å². The van der Waals surface area contributed by atoms with Crippen molar-refractivity contribution in [2.75, 3.05) is 20.3 Å². The molecule has 1 atom stereocenters. The van der Waals surface area contributed by atoms with Crippen LogP contribution in [0, 0.1) is 0 Å². The maximum Gasteiger partial charge on any atom is 0.258 e. The van der Waals surface area contributed by atoms with Gasteiger partial charge in [0.15, 0.2) is 6.61 Å². The minimum Gasteiger partial charge on any atom is -0.484 e. The summed E-state index contributed by atoms with van der Waals surface area (Å²) in [6.45, 7) is 2.28. The van der Waals surface area contributed by atoms with Crippen LogP contribution in [0.25, 0.3) is 0 Å². The quantitative estimate of drug-likeness (QED) is 0.725. The number of nitrogens with two attached hydrogens (primary N) is 1. The third-order valence-electron chi connectivity index (χ3n) is 2.33. The molecule has 104 valence electrons. The van der Waals surface area contributed by atoms with E-state index in [0.29, 0.717) is 17.3 Å². The zero-order chi connectivity index (χ0) is 14.3. The van der Waals surface area contributed by atoms with Crippen LogP contribution in [0.15, 0.2) is 24.3 Å². The molecule has 1 aromatic carbocycles. The van der Waals surface area contributed by atoms with E-state index in [9.17, 15) is 4.79 Å². The highest BCUT2D eigenvalue weighted by atomic mass is 32.1. The van der Waals surface area contributed by atoms with Crippen LogP contribution in [0.1, 0.15) is 12.5 Å². The van der Waals surface area contributed by atoms with Gasteiger partial charge in [0.1, 0.15) is 10.7 Å². The molecule has 19 heavy (non-hydrogen) atoms. The van der Waals surface area contributed by atoms with Crippen LogP contribution in [-0.4, -0.2) is 37.3 Å². The number of hydrogen-bond donors (Lipinski definition) is 2. The molecule has 0 fully saturated rings. The highest BCUT2D eigenvalue weighted by Gasteiger charge is 2.07. The highest BCUT2D eigenvalue weighted by molar-refractivity contribution is 7.80. The molecule has 1 rings (SSSR count). The van der Waals surface area contributed by atoms with Crippen molar-refractivity contribution < 1.29 is 14.3 Å². The van der Waals surface area contributed by atoms with Gasteiger partial charge in [-0.3, -0.25) is 4.79 Å². The van der Waals surface area contributed by atoms with Gasteiger partial charge in [0.2, 0.25) is 0 Å². The average Bonchev–Trinajstić information content (AvgIpc) is 2.37. The second-order valence-corrected chi connectivity index (χ2v) is 4.54. The Labute approximate surface area is 118 Å². The zero-order valence-corrected chi connectivity index (χ0v) is 11.8. The van der Waals surface area contributed by atoms with E-state index >= 15 is 0 Å². The summed E-state index contributed by atoms with van der Waals surface area (Å²) in [6.07, 6.45) is 0. The lowest BCUT2D eigenvalue weighted by Gasteiger charge is -2.13. The molecule has 0 radical (unpaired) electrons. The summed E-state index contributed by atoms with van der Waals surface area (Å²) >= 11 is 4.84. The minimum absolute atomic E-state index is 0.0412. The molecule has 1 amide bonds. The fraction of sp³-hybridized carbons (Fsp3) is 0.385. The highest BCUT2D eigenvalue weighted by Crippen LogP contribution is 2.11. The SMILES string of the molecule is COCC(C)NC(=O)COc1ccc(C(N)=S)cc1. The zero-order valence-electron chi connectivity index (χ0n) is 11.0. The van der Waals surface area contributed by atoms with Gasteiger partial charge in [0.05, 0.1) is 6.61 Å². The van der Waals surface area contributed by atoms with Crippen LogP contribution in [0.4, 0.5) is 0 Å². The number of carbonyl (C=O) groups excluding carboxylic acids is 1. The topological polar surface area (TPSA) is 73.6 Å². The summed E-state index contributed by atoms with van der Waals surface area (Å²) in [4.78, 5) is 11.9. The van der Waals surface area contributed by atoms with Crippen molar-refractivity contribution in [3.8, 4) is 5.75 Å². The maximum absolute atomic E-state index is 11.5. The number of thiocarbonyl (C=S) groups is 1. The summed E-state index contributed by atoms with van der Waals surface area (Å²) in [7, 11) is 1.59. The van der Waals surface area contributed by atoms with Crippen molar-refractivity contribution >= 4 is 23.1 Å². The molecular formula is C13H18N2O3S. The number of benzene rings is 1. The molecule has 0 aromatic heterocycles. The van der Waals surface area contributed by atoms with E-state index in [1.54, 1.807) is 31.4 Å². The number of ether oxygens (including phenoxy) is 2. The van der Waals surface area contributed by atoms with E-state index in [1.807, 2.05) is 6.92 Å². The first kappa shape index (κ1) is 15.4. The van der Waals surface area contributed by atoms with Crippen molar-refractivity contribution in [3.63, 3.8) is 0 Å². The molecule has 6 heteroatoms. The number of hydrogen-bond acceptors (Lipinski definition) is 4. The predicted octanol–water partition coefficient (Wildman–Crippen LogP) is 0.851. The molecule has 0 saturated carbocycles. The number of amides is 1. The fourth-order valence-corrected chi connectivity index (χ4v) is 1.61. The lowest BCUT2D eigenvalue weighted by molar-refractivity contribution is -0.124. The molecule has 1 unspecified atom stereocenters. The van der Waals surface area contributed by atoms with Crippen molar-refractivity contribution in [2.45, 2.75) is 13.0 Å². The lowest BCUT2D eigenvalue weighted by Crippen LogP contribution is -2.38. The van der Waals surface area contributed by atoms with Gasteiger partial charge in [0, 0.05) is 18.7 Å². The molecule has 0 bridgehead atoms. The standard InChI is InChI=1S/C13H18N2O3S/c1-9(7-17-2)15-12(16)8-18-11-5-3-10(4-6-11)13(14)19/h3-6,9H,7-8H2,1-2H3,(H2,14,19)(H,15,16). The van der Waals surface area contributed by atoms with Crippen molar-refractivity contribution in [1.82, 2.24) is 5.32 Å². The monoisotopic (exact) mass is 282 g/mol. The van der Waals surface area contributed by atoms with Crippen LogP contribution in [0.5, 0.6) is 5.75 Å². The Morgan fingerprint density at radius 3 is 2.58 bits per heavy atom. The second-order valence-electron chi connectivity index (χ2n) is 4.10. The van der Waals surface area contributed by atoms with E-state index in [-0.39, 0.29) is 18.6 Å². The lowest BCUT2D eigenvalue weighted by atomic mass is 10.2. The Balaban J connectivity index is 2.39. The maximum atomic E-state index is 11.5. The third kappa shape index (κ3) is 5.67. The van der Waals surface area contributed by atoms with Crippen molar-refractivity contribution in [2.24, 2.45) is 5.73 Å². The number of carbonyl (C=O) groups is 1. The third-order valence-corrected chi connectivity index (χ3v) is 2.57. The van der Waals surface area contributed by atoms with Gasteiger partial charge >= 0.3 is 0 Å². The average molecular weight is 282 g/mol. The first-order valence-corrected chi connectivity index (χ1v) is 6.24. The molecular weight excluding hydrogens is 264 g/mol. The summed E-state index contributed by atoms with van der Waals surface area (Å²) in [5.41, 5.74) is 6.25. The van der Waals surface area contributed by atoms with E-state index in [1.165, 1.54) is 0 Å². The van der Waals surface area contributed by atoms with E-state index in [4.69, 9.17) is 27.4 Å².